The Morgan fingerprint density at radius 2 is 2.00 bits per heavy atom. The fourth-order valence-corrected chi connectivity index (χ4v) is 3.54. The van der Waals surface area contributed by atoms with Crippen molar-refractivity contribution in [2.75, 3.05) is 40.4 Å². The molecule has 0 aliphatic carbocycles. The number of rotatable bonds is 8. The molecule has 1 aromatic rings. The first-order valence-corrected chi connectivity index (χ1v) is 9.85. The molecule has 1 aliphatic rings. The highest BCUT2D eigenvalue weighted by Gasteiger charge is 2.29. The number of hydrogen-bond donors (Lipinski definition) is 2. The number of ether oxygens (including phenoxy) is 2. The average molecular weight is 504 g/mol. The van der Waals surface area contributed by atoms with Gasteiger partial charge in [0.25, 0.3) is 0 Å². The fraction of sp³-hybridized carbons (Fsp3) is 0.667. The molecule has 1 aliphatic heterocycles. The number of aliphatic imine (C=N–C) groups is 1. The molecule has 3 N–H and O–H groups in total. The van der Waals surface area contributed by atoms with Crippen LogP contribution in [0.25, 0.3) is 0 Å². The number of nitrogens with one attached hydrogen (secondary N) is 1. The molecule has 2 rings (SSSR count). The third-order valence-electron chi connectivity index (χ3n) is 5.32. The maximum Gasteiger partial charge on any atom is 0.188 e. The van der Waals surface area contributed by atoms with E-state index in [-0.39, 0.29) is 29.5 Å². The van der Waals surface area contributed by atoms with Gasteiger partial charge in [0.15, 0.2) is 17.5 Å². The Labute approximate surface area is 187 Å². The highest BCUT2D eigenvalue weighted by atomic mass is 127. The second-order valence-electron chi connectivity index (χ2n) is 8.07. The molecule has 6 nitrogen and oxygen atoms in total. The average Bonchev–Trinajstić information content (AvgIpc) is 2.66. The zero-order valence-electron chi connectivity index (χ0n) is 18.0. The number of hydrogen-bond acceptors (Lipinski definition) is 4. The van der Waals surface area contributed by atoms with E-state index in [0.717, 1.165) is 49.0 Å². The standard InChI is InChI=1S/C21H36N4O2.HI/c1-16-7-6-12-25(14-16)21(2,3)15-24-20(22)23-11-10-17-8-9-18(26-4)19(13-17)27-5;/h8-9,13,16H,6-7,10-12,14-15H2,1-5H3,(H3,22,23,24);1H. The first-order chi connectivity index (χ1) is 12.9. The molecular formula is C21H37IN4O2. The zero-order valence-corrected chi connectivity index (χ0v) is 20.3. The summed E-state index contributed by atoms with van der Waals surface area (Å²) in [5.41, 5.74) is 7.27. The second kappa shape index (κ2) is 11.7. The molecule has 0 saturated carbocycles. The lowest BCUT2D eigenvalue weighted by atomic mass is 9.94. The van der Waals surface area contributed by atoms with Gasteiger partial charge in [-0.2, -0.15) is 0 Å². The predicted molar refractivity (Wildman–Crippen MR) is 127 cm³/mol. The third-order valence-corrected chi connectivity index (χ3v) is 5.32. The van der Waals surface area contributed by atoms with Crippen molar-refractivity contribution in [2.24, 2.45) is 16.6 Å². The number of nitrogens with zero attached hydrogens (tertiary/aromatic N) is 2. The van der Waals surface area contributed by atoms with E-state index in [9.17, 15) is 0 Å². The molecule has 1 aromatic carbocycles. The molecule has 7 heteroatoms. The Hall–Kier alpha value is -1.22. The van der Waals surface area contributed by atoms with Gasteiger partial charge < -0.3 is 20.5 Å². The molecule has 1 atom stereocenters. The smallest absolute Gasteiger partial charge is 0.188 e. The molecular weight excluding hydrogens is 467 g/mol. The van der Waals surface area contributed by atoms with Crippen molar-refractivity contribution < 1.29 is 9.47 Å². The Morgan fingerprint density at radius 3 is 2.64 bits per heavy atom. The van der Waals surface area contributed by atoms with Gasteiger partial charge in [-0.15, -0.1) is 24.0 Å². The molecule has 0 amide bonds. The molecule has 0 bridgehead atoms. The highest BCUT2D eigenvalue weighted by Crippen LogP contribution is 2.27. The summed E-state index contributed by atoms with van der Waals surface area (Å²) in [5.74, 6) is 2.76. The van der Waals surface area contributed by atoms with Gasteiger partial charge in [0.2, 0.25) is 0 Å². The van der Waals surface area contributed by atoms with Crippen molar-refractivity contribution in [1.82, 2.24) is 10.2 Å². The summed E-state index contributed by atoms with van der Waals surface area (Å²) in [7, 11) is 3.29. The van der Waals surface area contributed by atoms with E-state index in [1.807, 2.05) is 18.2 Å². The number of piperidine rings is 1. The predicted octanol–water partition coefficient (Wildman–Crippen LogP) is 3.28. The van der Waals surface area contributed by atoms with Crippen molar-refractivity contribution in [3.8, 4) is 11.5 Å². The van der Waals surface area contributed by atoms with Gasteiger partial charge in [0.1, 0.15) is 0 Å². The van der Waals surface area contributed by atoms with Gasteiger partial charge in [0.05, 0.1) is 20.8 Å². The van der Waals surface area contributed by atoms with E-state index in [0.29, 0.717) is 12.5 Å². The number of guanidine groups is 1. The summed E-state index contributed by atoms with van der Waals surface area (Å²) in [6, 6.07) is 5.96. The minimum absolute atomic E-state index is 0. The lowest BCUT2D eigenvalue weighted by molar-refractivity contribution is 0.0775. The molecule has 1 heterocycles. The molecule has 160 valence electrons. The van der Waals surface area contributed by atoms with Gasteiger partial charge in [0, 0.05) is 18.6 Å². The van der Waals surface area contributed by atoms with Gasteiger partial charge in [-0.3, -0.25) is 9.89 Å². The van der Waals surface area contributed by atoms with Crippen LogP contribution in [0.1, 0.15) is 39.2 Å². The topological polar surface area (TPSA) is 72.1 Å². The van der Waals surface area contributed by atoms with Crippen molar-refractivity contribution in [3.63, 3.8) is 0 Å². The maximum atomic E-state index is 6.08. The summed E-state index contributed by atoms with van der Waals surface area (Å²) < 4.78 is 10.6. The number of halogens is 1. The molecule has 1 unspecified atom stereocenters. The quantitative estimate of drug-likeness (QED) is 0.323. The Bertz CT molecular complexity index is 637. The van der Waals surface area contributed by atoms with Crippen LogP contribution < -0.4 is 20.5 Å². The van der Waals surface area contributed by atoms with Crippen LogP contribution in [0.15, 0.2) is 23.2 Å². The summed E-state index contributed by atoms with van der Waals surface area (Å²) in [5, 5.41) is 3.22. The molecule has 28 heavy (non-hydrogen) atoms. The Kier molecular flexibility index (Phi) is 10.4. The van der Waals surface area contributed by atoms with Crippen LogP contribution in [0.4, 0.5) is 0 Å². The van der Waals surface area contributed by atoms with Crippen molar-refractivity contribution in [2.45, 2.75) is 45.6 Å². The van der Waals surface area contributed by atoms with Crippen LogP contribution in [0.3, 0.4) is 0 Å². The normalized spacial score (nSPS) is 18.3. The number of nitrogens with two attached hydrogens (primary N) is 1. The molecule has 0 radical (unpaired) electrons. The highest BCUT2D eigenvalue weighted by molar-refractivity contribution is 14.0. The van der Waals surface area contributed by atoms with Gasteiger partial charge in [-0.1, -0.05) is 13.0 Å². The van der Waals surface area contributed by atoms with Crippen LogP contribution in [0.2, 0.25) is 0 Å². The van der Waals surface area contributed by atoms with E-state index < -0.39 is 0 Å². The van der Waals surface area contributed by atoms with Crippen LogP contribution in [-0.4, -0.2) is 56.8 Å². The van der Waals surface area contributed by atoms with E-state index >= 15 is 0 Å². The van der Waals surface area contributed by atoms with Gasteiger partial charge in [-0.25, -0.2) is 0 Å². The first kappa shape index (κ1) is 24.8. The summed E-state index contributed by atoms with van der Waals surface area (Å²) in [6.45, 7) is 10.6. The molecule has 1 fully saturated rings. The third kappa shape index (κ3) is 7.31. The fourth-order valence-electron chi connectivity index (χ4n) is 3.54. The van der Waals surface area contributed by atoms with E-state index in [4.69, 9.17) is 15.2 Å². The summed E-state index contributed by atoms with van der Waals surface area (Å²) >= 11 is 0. The van der Waals surface area contributed by atoms with Crippen molar-refractivity contribution >= 4 is 29.9 Å². The van der Waals surface area contributed by atoms with Gasteiger partial charge in [-0.05, 0) is 63.3 Å². The molecule has 0 aromatic heterocycles. The number of benzene rings is 1. The molecule has 0 spiro atoms. The summed E-state index contributed by atoms with van der Waals surface area (Å²) in [4.78, 5) is 7.13. The zero-order chi connectivity index (χ0) is 19.9. The van der Waals surface area contributed by atoms with Crippen LogP contribution >= 0.6 is 24.0 Å². The second-order valence-corrected chi connectivity index (χ2v) is 8.07. The minimum atomic E-state index is 0. The maximum absolute atomic E-state index is 6.08. The largest absolute Gasteiger partial charge is 0.493 e. The van der Waals surface area contributed by atoms with E-state index in [2.05, 4.69) is 36.0 Å². The van der Waals surface area contributed by atoms with Crippen LogP contribution in [0.5, 0.6) is 11.5 Å². The number of likely N-dealkylation sites (tertiary alicyclic amines) is 1. The van der Waals surface area contributed by atoms with E-state index in [1.54, 1.807) is 14.2 Å². The SMILES string of the molecule is COc1ccc(CCNC(N)=NCC(C)(C)N2CCCC(C)C2)cc1OC.I. The molecule has 1 saturated heterocycles. The van der Waals surface area contributed by atoms with Crippen molar-refractivity contribution in [3.05, 3.63) is 23.8 Å². The van der Waals surface area contributed by atoms with Crippen LogP contribution in [0, 0.1) is 5.92 Å². The minimum Gasteiger partial charge on any atom is -0.493 e. The monoisotopic (exact) mass is 504 g/mol. The Balaban J connectivity index is 0.00000392. The first-order valence-electron chi connectivity index (χ1n) is 9.85. The lowest BCUT2D eigenvalue weighted by Crippen LogP contribution is -2.51. The van der Waals surface area contributed by atoms with Gasteiger partial charge >= 0.3 is 0 Å². The summed E-state index contributed by atoms with van der Waals surface area (Å²) in [6.07, 6.45) is 3.44. The lowest BCUT2D eigenvalue weighted by Gasteiger charge is -2.42. The van der Waals surface area contributed by atoms with Crippen molar-refractivity contribution in [1.29, 1.82) is 0 Å². The number of methoxy groups -OCH3 is 2. The van der Waals surface area contributed by atoms with E-state index in [1.165, 1.54) is 12.8 Å². The Morgan fingerprint density at radius 1 is 1.29 bits per heavy atom. The van der Waals surface area contributed by atoms with Crippen LogP contribution in [-0.2, 0) is 6.42 Å².